The molecule has 1 aromatic heterocycles. The van der Waals surface area contributed by atoms with E-state index >= 15 is 0 Å². The Morgan fingerprint density at radius 2 is 1.65 bits per heavy atom. The first kappa shape index (κ1) is 14.5. The summed E-state index contributed by atoms with van der Waals surface area (Å²) in [5, 5.41) is 0. The van der Waals surface area contributed by atoms with Crippen LogP contribution in [0.3, 0.4) is 0 Å². The molecule has 0 atom stereocenters. The van der Waals surface area contributed by atoms with Gasteiger partial charge in [0, 0.05) is 17.2 Å². The first-order chi connectivity index (χ1) is 9.30. The van der Waals surface area contributed by atoms with Crippen LogP contribution >= 0.6 is 0 Å². The van der Waals surface area contributed by atoms with Crippen molar-refractivity contribution >= 4 is 0 Å². The van der Waals surface area contributed by atoms with Crippen LogP contribution in [0.4, 0.5) is 0 Å². The minimum absolute atomic E-state index is 0.0312. The Hall–Kier alpha value is -1.89. The molecule has 0 aliphatic rings. The van der Waals surface area contributed by atoms with E-state index in [4.69, 9.17) is 0 Å². The molecule has 0 spiro atoms. The number of allylic oxidation sites excluding steroid dienone is 1. The number of aromatic nitrogens is 1. The van der Waals surface area contributed by atoms with Crippen LogP contribution in [0, 0.1) is 13.8 Å². The Bertz CT molecular complexity index is 630. The number of aryl methyl sites for hydroxylation is 2. The topological polar surface area (TPSA) is 12.9 Å². The van der Waals surface area contributed by atoms with E-state index in [2.05, 4.69) is 76.5 Å². The Balaban J connectivity index is 2.52. The van der Waals surface area contributed by atoms with Crippen LogP contribution in [0.25, 0.3) is 11.3 Å². The fourth-order valence-electron chi connectivity index (χ4n) is 2.35. The van der Waals surface area contributed by atoms with Crippen molar-refractivity contribution in [1.82, 2.24) is 4.98 Å². The first-order valence-corrected chi connectivity index (χ1v) is 7.02. The minimum Gasteiger partial charge on any atom is -0.256 e. The van der Waals surface area contributed by atoms with Crippen molar-refractivity contribution in [3.05, 3.63) is 65.4 Å². The van der Waals surface area contributed by atoms with E-state index in [1.807, 2.05) is 6.20 Å². The van der Waals surface area contributed by atoms with Crippen LogP contribution in [0.5, 0.6) is 0 Å². The molecule has 104 valence electrons. The first-order valence-electron chi connectivity index (χ1n) is 7.02. The third kappa shape index (κ3) is 2.82. The van der Waals surface area contributed by atoms with Crippen LogP contribution in [0.15, 0.2) is 48.7 Å². The molecule has 0 aliphatic carbocycles. The number of hydrogen-bond donors (Lipinski definition) is 0. The lowest BCUT2D eigenvalue weighted by Gasteiger charge is -2.26. The molecule has 20 heavy (non-hydrogen) atoms. The number of benzene rings is 1. The quantitative estimate of drug-likeness (QED) is 0.693. The van der Waals surface area contributed by atoms with E-state index < -0.39 is 0 Å². The Morgan fingerprint density at radius 1 is 1.05 bits per heavy atom. The van der Waals surface area contributed by atoms with Gasteiger partial charge < -0.3 is 0 Å². The summed E-state index contributed by atoms with van der Waals surface area (Å²) in [4.78, 5) is 4.54. The molecule has 2 rings (SSSR count). The Labute approximate surface area is 122 Å². The number of pyridine rings is 1. The molecule has 2 aromatic rings. The maximum Gasteiger partial charge on any atom is 0.0705 e. The maximum absolute atomic E-state index is 4.54. The third-order valence-corrected chi connectivity index (χ3v) is 4.07. The van der Waals surface area contributed by atoms with Gasteiger partial charge in [-0.2, -0.15) is 0 Å². The van der Waals surface area contributed by atoms with Gasteiger partial charge >= 0.3 is 0 Å². The maximum atomic E-state index is 4.54. The van der Waals surface area contributed by atoms with Gasteiger partial charge in [0.15, 0.2) is 0 Å². The molecule has 0 bridgehead atoms. The molecule has 0 aliphatic heterocycles. The second-order valence-electron chi connectivity index (χ2n) is 6.21. The summed E-state index contributed by atoms with van der Waals surface area (Å²) in [6.45, 7) is 14.8. The second-order valence-corrected chi connectivity index (χ2v) is 6.21. The summed E-state index contributed by atoms with van der Waals surface area (Å²) in [7, 11) is 0. The van der Waals surface area contributed by atoms with E-state index in [0.29, 0.717) is 0 Å². The summed E-state index contributed by atoms with van der Waals surface area (Å²) in [5.74, 6) is 0. The van der Waals surface area contributed by atoms with Gasteiger partial charge in [0.1, 0.15) is 0 Å². The molecular weight excluding hydrogens is 242 g/mol. The molecule has 0 N–H and O–H groups in total. The largest absolute Gasteiger partial charge is 0.256 e. The van der Waals surface area contributed by atoms with Gasteiger partial charge in [-0.15, -0.1) is 0 Å². The average Bonchev–Trinajstić information content (AvgIpc) is 2.37. The van der Waals surface area contributed by atoms with Crippen molar-refractivity contribution in [2.75, 3.05) is 0 Å². The number of rotatable bonds is 3. The van der Waals surface area contributed by atoms with Gasteiger partial charge in [-0.25, -0.2) is 0 Å². The van der Waals surface area contributed by atoms with Crippen LogP contribution in [-0.4, -0.2) is 4.98 Å². The van der Waals surface area contributed by atoms with Gasteiger partial charge in [0.05, 0.1) is 5.69 Å². The zero-order valence-electron chi connectivity index (χ0n) is 13.1. The highest BCUT2D eigenvalue weighted by atomic mass is 14.7. The average molecular weight is 265 g/mol. The fraction of sp³-hybridized carbons (Fsp3) is 0.316. The molecule has 0 amide bonds. The summed E-state index contributed by atoms with van der Waals surface area (Å²) in [5.41, 5.74) is 7.14. The molecule has 1 heterocycles. The molecule has 1 heteroatoms. The molecule has 1 nitrogen and oxygen atoms in total. The molecule has 0 unspecified atom stereocenters. The summed E-state index contributed by atoms with van der Waals surface area (Å²) in [6, 6.07) is 10.8. The van der Waals surface area contributed by atoms with E-state index in [1.54, 1.807) is 0 Å². The SMILES string of the molecule is C=C(C)C(C)(C)c1ccnc(-c2cc(C)cc(C)c2)c1. The molecule has 1 aromatic carbocycles. The molecular formula is C19H23N. The van der Waals surface area contributed by atoms with E-state index in [0.717, 1.165) is 11.3 Å². The lowest BCUT2D eigenvalue weighted by Crippen LogP contribution is -2.18. The van der Waals surface area contributed by atoms with E-state index in [-0.39, 0.29) is 5.41 Å². The lowest BCUT2D eigenvalue weighted by molar-refractivity contribution is 0.625. The van der Waals surface area contributed by atoms with Crippen molar-refractivity contribution < 1.29 is 0 Å². The van der Waals surface area contributed by atoms with Crippen molar-refractivity contribution in [3.63, 3.8) is 0 Å². The third-order valence-electron chi connectivity index (χ3n) is 4.07. The summed E-state index contributed by atoms with van der Waals surface area (Å²) < 4.78 is 0. The van der Waals surface area contributed by atoms with Gasteiger partial charge in [-0.3, -0.25) is 4.98 Å². The molecule has 0 saturated carbocycles. The number of hydrogen-bond acceptors (Lipinski definition) is 1. The Kier molecular flexibility index (Phi) is 3.80. The molecule has 0 fully saturated rings. The van der Waals surface area contributed by atoms with Crippen LogP contribution < -0.4 is 0 Å². The summed E-state index contributed by atoms with van der Waals surface area (Å²) in [6.07, 6.45) is 1.90. The zero-order valence-corrected chi connectivity index (χ0v) is 13.1. The smallest absolute Gasteiger partial charge is 0.0705 e. The second kappa shape index (κ2) is 5.24. The Morgan fingerprint density at radius 3 is 2.20 bits per heavy atom. The molecule has 0 radical (unpaired) electrons. The fourth-order valence-corrected chi connectivity index (χ4v) is 2.35. The predicted octanol–water partition coefficient (Wildman–Crippen LogP) is 5.22. The highest BCUT2D eigenvalue weighted by Crippen LogP contribution is 2.32. The van der Waals surface area contributed by atoms with Crippen LogP contribution in [-0.2, 0) is 5.41 Å². The highest BCUT2D eigenvalue weighted by molar-refractivity contribution is 5.62. The lowest BCUT2D eigenvalue weighted by atomic mass is 9.79. The number of nitrogens with zero attached hydrogens (tertiary/aromatic N) is 1. The normalized spacial score (nSPS) is 11.4. The van der Waals surface area contributed by atoms with Gasteiger partial charge in [0.25, 0.3) is 0 Å². The summed E-state index contributed by atoms with van der Waals surface area (Å²) >= 11 is 0. The van der Waals surface area contributed by atoms with Crippen molar-refractivity contribution in [3.8, 4) is 11.3 Å². The monoisotopic (exact) mass is 265 g/mol. The van der Waals surface area contributed by atoms with Crippen molar-refractivity contribution in [2.45, 2.75) is 40.0 Å². The highest BCUT2D eigenvalue weighted by Gasteiger charge is 2.21. The van der Waals surface area contributed by atoms with Gasteiger partial charge in [-0.05, 0) is 50.6 Å². The van der Waals surface area contributed by atoms with E-state index in [1.165, 1.54) is 22.3 Å². The van der Waals surface area contributed by atoms with E-state index in [9.17, 15) is 0 Å². The van der Waals surface area contributed by atoms with Gasteiger partial charge in [-0.1, -0.05) is 43.2 Å². The van der Waals surface area contributed by atoms with Crippen molar-refractivity contribution in [2.24, 2.45) is 0 Å². The van der Waals surface area contributed by atoms with Crippen LogP contribution in [0.1, 0.15) is 37.5 Å². The standard InChI is InChI=1S/C19H23N/c1-13(2)19(5,6)17-7-8-20-18(12-17)16-10-14(3)9-15(4)11-16/h7-12H,1H2,2-6H3. The van der Waals surface area contributed by atoms with Gasteiger partial charge in [0.2, 0.25) is 0 Å². The van der Waals surface area contributed by atoms with Crippen LogP contribution in [0.2, 0.25) is 0 Å². The molecule has 0 saturated heterocycles. The predicted molar refractivity (Wildman–Crippen MR) is 87.0 cm³/mol. The minimum atomic E-state index is -0.0312. The zero-order chi connectivity index (χ0) is 14.9. The van der Waals surface area contributed by atoms with Crippen molar-refractivity contribution in [1.29, 1.82) is 0 Å².